The first kappa shape index (κ1) is 15.1. The highest BCUT2D eigenvalue weighted by atomic mass is 32.1. The zero-order valence-corrected chi connectivity index (χ0v) is 13.1. The molecule has 0 spiro atoms. The van der Waals surface area contributed by atoms with E-state index in [2.05, 4.69) is 22.4 Å². The molecule has 6 heteroatoms. The van der Waals surface area contributed by atoms with Crippen LogP contribution < -0.4 is 5.43 Å². The highest BCUT2D eigenvalue weighted by Crippen LogP contribution is 2.28. The second-order valence-electron chi connectivity index (χ2n) is 5.52. The molecule has 1 unspecified atom stereocenters. The average Bonchev–Trinajstić information content (AvgIpc) is 2.95. The van der Waals surface area contributed by atoms with Crippen LogP contribution in [-0.4, -0.2) is 10.7 Å². The van der Waals surface area contributed by atoms with Gasteiger partial charge < -0.3 is 0 Å². The van der Waals surface area contributed by atoms with Gasteiger partial charge in [-0.05, 0) is 37.3 Å². The van der Waals surface area contributed by atoms with Crippen LogP contribution in [0.15, 0.2) is 28.7 Å². The van der Waals surface area contributed by atoms with E-state index in [4.69, 9.17) is 0 Å². The summed E-state index contributed by atoms with van der Waals surface area (Å²) in [6, 6.07) is 3.50. The molecule has 1 N–H and O–H groups in total. The molecule has 3 rings (SSSR count). The monoisotopic (exact) mass is 321 g/mol. The standard InChI is InChI=1S/C16H17F2N3S/c1-10-4-2-3-5-14(10)20-21-16-19-15(9-22-16)12-7-6-11(17)8-13(12)18/h6-10H,2-5H2,1H3,(H,19,21)/b20-14-. The normalized spacial score (nSPS) is 20.3. The zero-order valence-electron chi connectivity index (χ0n) is 12.3. The maximum atomic E-state index is 13.7. The van der Waals surface area contributed by atoms with Crippen LogP contribution in [0.2, 0.25) is 0 Å². The Bertz CT molecular complexity index is 696. The number of benzene rings is 1. The molecular formula is C16H17F2N3S. The quantitative estimate of drug-likeness (QED) is 0.802. The van der Waals surface area contributed by atoms with Crippen molar-refractivity contribution >= 4 is 22.2 Å². The molecule has 1 aromatic carbocycles. The third kappa shape index (κ3) is 3.32. The molecule has 0 bridgehead atoms. The second-order valence-corrected chi connectivity index (χ2v) is 6.38. The summed E-state index contributed by atoms with van der Waals surface area (Å²) in [5.41, 5.74) is 4.91. The van der Waals surface area contributed by atoms with Crippen molar-refractivity contribution in [3.05, 3.63) is 35.2 Å². The third-order valence-electron chi connectivity index (χ3n) is 3.90. The maximum absolute atomic E-state index is 13.7. The van der Waals surface area contributed by atoms with Crippen molar-refractivity contribution < 1.29 is 8.78 Å². The van der Waals surface area contributed by atoms with Gasteiger partial charge in [-0.1, -0.05) is 13.3 Å². The minimum Gasteiger partial charge on any atom is -0.253 e. The van der Waals surface area contributed by atoms with Crippen LogP contribution in [0, 0.1) is 17.6 Å². The Kier molecular flexibility index (Phi) is 4.47. The third-order valence-corrected chi connectivity index (χ3v) is 4.64. The topological polar surface area (TPSA) is 37.3 Å². The van der Waals surface area contributed by atoms with E-state index in [1.54, 1.807) is 5.38 Å². The first-order chi connectivity index (χ1) is 10.6. The number of thiazole rings is 1. The minimum atomic E-state index is -0.607. The summed E-state index contributed by atoms with van der Waals surface area (Å²) in [4.78, 5) is 4.32. The van der Waals surface area contributed by atoms with Gasteiger partial charge in [0.05, 0.1) is 5.69 Å². The van der Waals surface area contributed by atoms with E-state index in [1.807, 2.05) is 0 Å². The van der Waals surface area contributed by atoms with Crippen molar-refractivity contribution in [2.75, 3.05) is 5.43 Å². The molecule has 116 valence electrons. The van der Waals surface area contributed by atoms with E-state index in [0.717, 1.165) is 18.2 Å². The van der Waals surface area contributed by atoms with Crippen molar-refractivity contribution in [2.24, 2.45) is 11.0 Å². The minimum absolute atomic E-state index is 0.296. The van der Waals surface area contributed by atoms with Gasteiger partial charge >= 0.3 is 0 Å². The Balaban J connectivity index is 1.75. The van der Waals surface area contributed by atoms with Crippen LogP contribution in [-0.2, 0) is 0 Å². The van der Waals surface area contributed by atoms with E-state index in [1.165, 1.54) is 42.7 Å². The lowest BCUT2D eigenvalue weighted by molar-refractivity contribution is 0.558. The van der Waals surface area contributed by atoms with Crippen molar-refractivity contribution in [1.29, 1.82) is 0 Å². The Labute approximate surface area is 132 Å². The summed E-state index contributed by atoms with van der Waals surface area (Å²) >= 11 is 1.36. The molecule has 1 heterocycles. The number of rotatable bonds is 3. The lowest BCUT2D eigenvalue weighted by Gasteiger charge is -2.19. The number of halogens is 2. The van der Waals surface area contributed by atoms with Crippen LogP contribution in [0.5, 0.6) is 0 Å². The van der Waals surface area contributed by atoms with Gasteiger partial charge in [0.25, 0.3) is 0 Å². The zero-order chi connectivity index (χ0) is 15.5. The molecule has 0 aliphatic heterocycles. The van der Waals surface area contributed by atoms with Gasteiger partial charge in [0.15, 0.2) is 0 Å². The van der Waals surface area contributed by atoms with E-state index in [0.29, 0.717) is 22.3 Å². The number of hydrogen-bond acceptors (Lipinski definition) is 4. The molecule has 2 aromatic rings. The summed E-state index contributed by atoms with van der Waals surface area (Å²) in [7, 11) is 0. The van der Waals surface area contributed by atoms with Gasteiger partial charge in [-0.15, -0.1) is 11.3 Å². The molecule has 1 fully saturated rings. The Hall–Kier alpha value is -1.82. The van der Waals surface area contributed by atoms with Gasteiger partial charge in [0, 0.05) is 22.7 Å². The highest BCUT2D eigenvalue weighted by molar-refractivity contribution is 7.14. The number of nitrogens with zero attached hydrogens (tertiary/aromatic N) is 2. The van der Waals surface area contributed by atoms with E-state index in [-0.39, 0.29) is 0 Å². The van der Waals surface area contributed by atoms with Crippen LogP contribution in [0.4, 0.5) is 13.9 Å². The van der Waals surface area contributed by atoms with E-state index < -0.39 is 11.6 Å². The van der Waals surface area contributed by atoms with Crippen LogP contribution in [0.1, 0.15) is 32.6 Å². The largest absolute Gasteiger partial charge is 0.253 e. The van der Waals surface area contributed by atoms with Gasteiger partial charge in [-0.3, -0.25) is 5.43 Å². The summed E-state index contributed by atoms with van der Waals surface area (Å²) in [5, 5.41) is 6.79. The lowest BCUT2D eigenvalue weighted by Crippen LogP contribution is -2.17. The molecule has 1 atom stereocenters. The van der Waals surface area contributed by atoms with Crippen LogP contribution >= 0.6 is 11.3 Å². The van der Waals surface area contributed by atoms with Gasteiger partial charge in [-0.25, -0.2) is 13.8 Å². The van der Waals surface area contributed by atoms with Crippen molar-refractivity contribution in [1.82, 2.24) is 4.98 Å². The van der Waals surface area contributed by atoms with Gasteiger partial charge in [-0.2, -0.15) is 5.10 Å². The van der Waals surface area contributed by atoms with Crippen molar-refractivity contribution in [3.8, 4) is 11.3 Å². The molecule has 0 saturated heterocycles. The first-order valence-corrected chi connectivity index (χ1v) is 8.25. The highest BCUT2D eigenvalue weighted by Gasteiger charge is 2.16. The fraction of sp³-hybridized carbons (Fsp3) is 0.375. The summed E-state index contributed by atoms with van der Waals surface area (Å²) in [6.45, 7) is 2.18. The number of hydrazone groups is 1. The average molecular weight is 321 g/mol. The number of hydrogen-bond donors (Lipinski definition) is 1. The molecule has 1 aromatic heterocycles. The predicted molar refractivity (Wildman–Crippen MR) is 86.2 cm³/mol. The summed E-state index contributed by atoms with van der Waals surface area (Å²) < 4.78 is 26.7. The molecule has 22 heavy (non-hydrogen) atoms. The van der Waals surface area contributed by atoms with Crippen molar-refractivity contribution in [2.45, 2.75) is 32.6 Å². The van der Waals surface area contributed by atoms with E-state index in [9.17, 15) is 8.78 Å². The van der Waals surface area contributed by atoms with Crippen LogP contribution in [0.3, 0.4) is 0 Å². The van der Waals surface area contributed by atoms with Crippen LogP contribution in [0.25, 0.3) is 11.3 Å². The molecule has 1 aliphatic carbocycles. The summed E-state index contributed by atoms with van der Waals surface area (Å²) in [6.07, 6.45) is 4.61. The number of anilines is 1. The Morgan fingerprint density at radius 2 is 2.18 bits per heavy atom. The first-order valence-electron chi connectivity index (χ1n) is 7.37. The molecule has 1 saturated carbocycles. The maximum Gasteiger partial charge on any atom is 0.203 e. The van der Waals surface area contributed by atoms with Gasteiger partial charge in [0.1, 0.15) is 11.6 Å². The predicted octanol–water partition coefficient (Wildman–Crippen LogP) is 5.07. The van der Waals surface area contributed by atoms with E-state index >= 15 is 0 Å². The molecular weight excluding hydrogens is 304 g/mol. The summed E-state index contributed by atoms with van der Waals surface area (Å²) in [5.74, 6) is -0.702. The SMILES string of the molecule is CC1CCCC/C1=N/Nc1nc(-c2ccc(F)cc2F)cs1. The fourth-order valence-electron chi connectivity index (χ4n) is 2.60. The molecule has 3 nitrogen and oxygen atoms in total. The number of nitrogens with one attached hydrogen (secondary N) is 1. The van der Waals surface area contributed by atoms with Crippen molar-refractivity contribution in [3.63, 3.8) is 0 Å². The number of aromatic nitrogens is 1. The smallest absolute Gasteiger partial charge is 0.203 e. The second kappa shape index (κ2) is 6.52. The molecule has 0 radical (unpaired) electrons. The molecule has 0 amide bonds. The lowest BCUT2D eigenvalue weighted by atomic mass is 9.89. The Morgan fingerprint density at radius 3 is 2.95 bits per heavy atom. The molecule has 1 aliphatic rings. The Morgan fingerprint density at radius 1 is 1.32 bits per heavy atom. The fourth-order valence-corrected chi connectivity index (χ4v) is 3.25. The van der Waals surface area contributed by atoms with Gasteiger partial charge in [0.2, 0.25) is 5.13 Å².